The van der Waals surface area contributed by atoms with Gasteiger partial charge in [0.25, 0.3) is 0 Å². The molecule has 1 aromatic carbocycles. The number of urea groups is 1. The Labute approximate surface area is 120 Å². The van der Waals surface area contributed by atoms with Crippen molar-refractivity contribution in [3.05, 3.63) is 35.9 Å². The van der Waals surface area contributed by atoms with E-state index in [4.69, 9.17) is 5.11 Å². The first kappa shape index (κ1) is 16.5. The van der Waals surface area contributed by atoms with Crippen molar-refractivity contribution >= 4 is 6.03 Å². The van der Waals surface area contributed by atoms with Gasteiger partial charge >= 0.3 is 6.03 Å². The van der Waals surface area contributed by atoms with Gasteiger partial charge in [-0.1, -0.05) is 30.3 Å². The smallest absolute Gasteiger partial charge is 0.315 e. The van der Waals surface area contributed by atoms with Crippen LogP contribution in [-0.4, -0.2) is 35.4 Å². The minimum Gasteiger partial charge on any atom is -0.396 e. The van der Waals surface area contributed by atoms with Gasteiger partial charge in [-0.2, -0.15) is 0 Å². The highest BCUT2D eigenvalue weighted by Crippen LogP contribution is 2.18. The molecule has 0 bridgehead atoms. The van der Waals surface area contributed by atoms with Crippen LogP contribution in [0.1, 0.15) is 32.3 Å². The van der Waals surface area contributed by atoms with Crippen molar-refractivity contribution in [2.75, 3.05) is 13.2 Å². The Balaban J connectivity index is 2.40. The third kappa shape index (κ3) is 5.59. The van der Waals surface area contributed by atoms with E-state index in [-0.39, 0.29) is 25.2 Å². The molecule has 0 heterocycles. The molecule has 0 spiro atoms. The summed E-state index contributed by atoms with van der Waals surface area (Å²) in [7, 11) is 0. The number of aliphatic hydroxyl groups excluding tert-OH is 1. The summed E-state index contributed by atoms with van der Waals surface area (Å²) >= 11 is 0. The molecular weight excluding hydrogens is 256 g/mol. The minimum atomic E-state index is -1.10. The summed E-state index contributed by atoms with van der Waals surface area (Å²) in [5.41, 5.74) is -0.346. The number of nitrogens with one attached hydrogen (secondary N) is 2. The largest absolute Gasteiger partial charge is 0.396 e. The van der Waals surface area contributed by atoms with Gasteiger partial charge in [-0.05, 0) is 32.3 Å². The fraction of sp³-hybridized carbons (Fsp3) is 0.533. The lowest BCUT2D eigenvalue weighted by Crippen LogP contribution is -2.46. The van der Waals surface area contributed by atoms with E-state index in [1.165, 1.54) is 0 Å². The Morgan fingerprint density at radius 3 is 2.60 bits per heavy atom. The lowest BCUT2D eigenvalue weighted by molar-refractivity contribution is 0.0592. The molecule has 5 heteroatoms. The first-order valence-corrected chi connectivity index (χ1v) is 6.89. The van der Waals surface area contributed by atoms with Crippen LogP contribution in [0, 0.1) is 0 Å². The Bertz CT molecular complexity index is 407. The predicted molar refractivity (Wildman–Crippen MR) is 78.3 cm³/mol. The van der Waals surface area contributed by atoms with Crippen molar-refractivity contribution in [3.8, 4) is 0 Å². The van der Waals surface area contributed by atoms with Gasteiger partial charge in [0.15, 0.2) is 0 Å². The molecule has 0 saturated heterocycles. The van der Waals surface area contributed by atoms with Crippen LogP contribution in [-0.2, 0) is 5.60 Å². The second-order valence-electron chi connectivity index (χ2n) is 5.23. The summed E-state index contributed by atoms with van der Waals surface area (Å²) in [6, 6.07) is 8.90. The number of amides is 2. The highest BCUT2D eigenvalue weighted by atomic mass is 16.3. The highest BCUT2D eigenvalue weighted by molar-refractivity contribution is 5.74. The quantitative estimate of drug-likeness (QED) is 0.608. The number of hydrogen-bond donors (Lipinski definition) is 4. The topological polar surface area (TPSA) is 81.6 Å². The van der Waals surface area contributed by atoms with Crippen LogP contribution < -0.4 is 10.6 Å². The van der Waals surface area contributed by atoms with E-state index in [1.807, 2.05) is 37.3 Å². The second kappa shape index (κ2) is 7.87. The maximum Gasteiger partial charge on any atom is 0.315 e. The number of carbonyl (C=O) groups is 1. The van der Waals surface area contributed by atoms with E-state index >= 15 is 0 Å². The first-order valence-electron chi connectivity index (χ1n) is 6.89. The molecule has 0 radical (unpaired) electrons. The Kier molecular flexibility index (Phi) is 6.48. The van der Waals surface area contributed by atoms with Crippen molar-refractivity contribution in [3.63, 3.8) is 0 Å². The molecule has 0 fully saturated rings. The molecule has 2 unspecified atom stereocenters. The average Bonchev–Trinajstić information content (AvgIpc) is 2.44. The molecule has 0 aromatic heterocycles. The van der Waals surface area contributed by atoms with E-state index in [2.05, 4.69) is 10.6 Å². The molecule has 112 valence electrons. The van der Waals surface area contributed by atoms with Crippen LogP contribution in [0.2, 0.25) is 0 Å². The Morgan fingerprint density at radius 2 is 2.00 bits per heavy atom. The molecule has 0 aliphatic rings. The molecule has 2 atom stereocenters. The molecule has 1 rings (SSSR count). The van der Waals surface area contributed by atoms with E-state index in [0.717, 1.165) is 12.0 Å². The number of hydrogen-bond acceptors (Lipinski definition) is 3. The normalized spacial score (nSPS) is 15.2. The zero-order valence-corrected chi connectivity index (χ0v) is 12.1. The predicted octanol–water partition coefficient (Wildman–Crippen LogP) is 1.35. The van der Waals surface area contributed by atoms with E-state index in [9.17, 15) is 9.90 Å². The molecule has 1 aromatic rings. The highest BCUT2D eigenvalue weighted by Gasteiger charge is 2.23. The lowest BCUT2D eigenvalue weighted by atomic mass is 9.96. The van der Waals surface area contributed by atoms with Gasteiger partial charge in [0.1, 0.15) is 5.60 Å². The molecule has 5 nitrogen and oxygen atoms in total. The fourth-order valence-electron chi connectivity index (χ4n) is 1.90. The van der Waals surface area contributed by atoms with Crippen molar-refractivity contribution < 1.29 is 15.0 Å². The zero-order chi connectivity index (χ0) is 15.0. The van der Waals surface area contributed by atoms with Gasteiger partial charge in [0.2, 0.25) is 0 Å². The summed E-state index contributed by atoms with van der Waals surface area (Å²) in [6.45, 7) is 3.80. The Hall–Kier alpha value is -1.59. The molecule has 4 N–H and O–H groups in total. The molecule has 0 aliphatic heterocycles. The standard InChI is InChI=1S/C15H24N2O3/c1-12(7-6-10-18)17-14(19)16-11-15(2,20)13-8-4-3-5-9-13/h3-5,8-9,12,18,20H,6-7,10-11H2,1-2H3,(H2,16,17,19). The molecule has 0 aliphatic carbocycles. The monoisotopic (exact) mass is 280 g/mol. The van der Waals surface area contributed by atoms with Crippen LogP contribution >= 0.6 is 0 Å². The van der Waals surface area contributed by atoms with Crippen LogP contribution in [0.5, 0.6) is 0 Å². The summed E-state index contributed by atoms with van der Waals surface area (Å²) in [6.07, 6.45) is 1.38. The van der Waals surface area contributed by atoms with Crippen molar-refractivity contribution in [1.29, 1.82) is 0 Å². The number of rotatable bonds is 7. The third-order valence-corrected chi connectivity index (χ3v) is 3.16. The van der Waals surface area contributed by atoms with Gasteiger partial charge in [-0.25, -0.2) is 4.79 Å². The van der Waals surface area contributed by atoms with Crippen LogP contribution in [0.25, 0.3) is 0 Å². The fourth-order valence-corrected chi connectivity index (χ4v) is 1.90. The molecular formula is C15H24N2O3. The summed E-state index contributed by atoms with van der Waals surface area (Å²) in [4.78, 5) is 11.7. The van der Waals surface area contributed by atoms with Crippen LogP contribution in [0.4, 0.5) is 4.79 Å². The molecule has 0 saturated carbocycles. The van der Waals surface area contributed by atoms with Crippen molar-refractivity contribution in [2.24, 2.45) is 0 Å². The van der Waals surface area contributed by atoms with Gasteiger partial charge in [0, 0.05) is 12.6 Å². The maximum atomic E-state index is 11.7. The van der Waals surface area contributed by atoms with Gasteiger partial charge in [0.05, 0.1) is 6.54 Å². The number of benzene rings is 1. The summed E-state index contributed by atoms with van der Waals surface area (Å²) < 4.78 is 0. The SMILES string of the molecule is CC(CCCO)NC(=O)NCC(C)(O)c1ccccc1. The second-order valence-corrected chi connectivity index (χ2v) is 5.23. The molecule has 20 heavy (non-hydrogen) atoms. The Morgan fingerprint density at radius 1 is 1.35 bits per heavy atom. The van der Waals surface area contributed by atoms with Gasteiger partial charge < -0.3 is 20.8 Å². The van der Waals surface area contributed by atoms with Gasteiger partial charge in [-0.15, -0.1) is 0 Å². The van der Waals surface area contributed by atoms with Crippen molar-refractivity contribution in [2.45, 2.75) is 38.3 Å². The maximum absolute atomic E-state index is 11.7. The summed E-state index contributed by atoms with van der Waals surface area (Å²) in [5.74, 6) is 0. The number of carbonyl (C=O) groups excluding carboxylic acids is 1. The van der Waals surface area contributed by atoms with E-state index in [0.29, 0.717) is 6.42 Å². The van der Waals surface area contributed by atoms with Crippen molar-refractivity contribution in [1.82, 2.24) is 10.6 Å². The first-order chi connectivity index (χ1) is 9.45. The van der Waals surface area contributed by atoms with Crippen LogP contribution in [0.3, 0.4) is 0 Å². The number of aliphatic hydroxyl groups is 2. The van der Waals surface area contributed by atoms with Gasteiger partial charge in [-0.3, -0.25) is 0 Å². The summed E-state index contributed by atoms with van der Waals surface area (Å²) in [5, 5.41) is 24.5. The van der Waals surface area contributed by atoms with E-state index in [1.54, 1.807) is 6.92 Å². The average molecular weight is 280 g/mol. The third-order valence-electron chi connectivity index (χ3n) is 3.16. The van der Waals surface area contributed by atoms with E-state index < -0.39 is 5.60 Å². The molecule has 2 amide bonds. The minimum absolute atomic E-state index is 0.0103. The zero-order valence-electron chi connectivity index (χ0n) is 12.1. The lowest BCUT2D eigenvalue weighted by Gasteiger charge is -2.25. The van der Waals surface area contributed by atoms with Crippen LogP contribution in [0.15, 0.2) is 30.3 Å².